The van der Waals surface area contributed by atoms with Crippen LogP contribution in [0.15, 0.2) is 25.0 Å². The van der Waals surface area contributed by atoms with Crippen molar-refractivity contribution in [2.75, 3.05) is 33.0 Å². The summed E-state index contributed by atoms with van der Waals surface area (Å²) in [5.41, 5.74) is 5.28. The lowest BCUT2D eigenvalue weighted by atomic mass is 10.1. The standard InChI is InChI=1S/C18H28F3NO2.C2H4O/c19-15-13-17(20)16(18(21)14-15)7-3-1-4-9-23-10-5-2-6-11-24-12-8-22;1-2-3/h13-14H,1-12,22H2;2-3H,1H2. The number of hydrogen-bond acceptors (Lipinski definition) is 4. The second-order valence-electron chi connectivity index (χ2n) is 5.92. The normalized spacial score (nSPS) is 10.4. The molecular formula is C20H32F3NO3. The molecule has 0 aliphatic rings. The lowest BCUT2D eigenvalue weighted by Gasteiger charge is -2.07. The molecule has 0 amide bonds. The zero-order chi connectivity index (χ0) is 20.3. The van der Waals surface area contributed by atoms with Gasteiger partial charge in [-0.2, -0.15) is 0 Å². The molecule has 1 aromatic rings. The van der Waals surface area contributed by atoms with Gasteiger partial charge in [0, 0.05) is 44.1 Å². The van der Waals surface area contributed by atoms with Crippen LogP contribution in [-0.2, 0) is 15.9 Å². The van der Waals surface area contributed by atoms with E-state index in [1.807, 2.05) is 0 Å². The maximum absolute atomic E-state index is 13.4. The van der Waals surface area contributed by atoms with E-state index in [4.69, 9.17) is 20.3 Å². The molecule has 4 nitrogen and oxygen atoms in total. The molecule has 0 aliphatic heterocycles. The average molecular weight is 391 g/mol. The molecule has 156 valence electrons. The zero-order valence-corrected chi connectivity index (χ0v) is 15.9. The van der Waals surface area contributed by atoms with E-state index in [1.54, 1.807) is 0 Å². The van der Waals surface area contributed by atoms with Gasteiger partial charge in [-0.1, -0.05) is 13.0 Å². The third-order valence-electron chi connectivity index (χ3n) is 3.66. The number of aliphatic hydroxyl groups is 1. The number of unbranched alkanes of at least 4 members (excludes halogenated alkanes) is 4. The van der Waals surface area contributed by atoms with Crippen LogP contribution in [0.2, 0.25) is 0 Å². The summed E-state index contributed by atoms with van der Waals surface area (Å²) in [4.78, 5) is 0. The molecule has 0 spiro atoms. The van der Waals surface area contributed by atoms with Gasteiger partial charge in [0.05, 0.1) is 12.9 Å². The maximum Gasteiger partial charge on any atom is 0.132 e. The fraction of sp³-hybridized carbons (Fsp3) is 0.600. The number of benzene rings is 1. The number of aliphatic hydroxyl groups excluding tert-OH is 1. The first-order valence-electron chi connectivity index (χ1n) is 9.30. The van der Waals surface area contributed by atoms with Crippen LogP contribution in [0.5, 0.6) is 0 Å². The fourth-order valence-electron chi connectivity index (χ4n) is 2.37. The predicted octanol–water partition coefficient (Wildman–Crippen LogP) is 4.67. The van der Waals surface area contributed by atoms with Crippen LogP contribution >= 0.6 is 0 Å². The van der Waals surface area contributed by atoms with Crippen LogP contribution in [-0.4, -0.2) is 38.1 Å². The van der Waals surface area contributed by atoms with E-state index >= 15 is 0 Å². The second-order valence-corrected chi connectivity index (χ2v) is 5.92. The number of rotatable bonds is 14. The summed E-state index contributed by atoms with van der Waals surface area (Å²) >= 11 is 0. The van der Waals surface area contributed by atoms with Gasteiger partial charge in [-0.25, -0.2) is 13.2 Å². The van der Waals surface area contributed by atoms with Crippen molar-refractivity contribution < 1.29 is 27.8 Å². The van der Waals surface area contributed by atoms with E-state index in [0.717, 1.165) is 63.7 Å². The summed E-state index contributed by atoms with van der Waals surface area (Å²) in [5, 5.41) is 7.33. The Labute approximate surface area is 160 Å². The smallest absolute Gasteiger partial charge is 0.132 e. The molecule has 0 atom stereocenters. The first kappa shape index (κ1) is 25.4. The monoisotopic (exact) mass is 391 g/mol. The lowest BCUT2D eigenvalue weighted by Crippen LogP contribution is -2.09. The topological polar surface area (TPSA) is 64.7 Å². The first-order valence-corrected chi connectivity index (χ1v) is 9.30. The Morgan fingerprint density at radius 2 is 1.30 bits per heavy atom. The van der Waals surface area contributed by atoms with Crippen molar-refractivity contribution in [1.82, 2.24) is 0 Å². The average Bonchev–Trinajstić information content (AvgIpc) is 2.61. The van der Waals surface area contributed by atoms with E-state index in [2.05, 4.69) is 6.58 Å². The van der Waals surface area contributed by atoms with E-state index in [0.29, 0.717) is 26.2 Å². The number of hydrogen-bond donors (Lipinski definition) is 2. The van der Waals surface area contributed by atoms with Crippen molar-refractivity contribution in [3.8, 4) is 0 Å². The van der Waals surface area contributed by atoms with E-state index in [-0.39, 0.29) is 12.0 Å². The Morgan fingerprint density at radius 1 is 0.852 bits per heavy atom. The Balaban J connectivity index is 0.00000210. The lowest BCUT2D eigenvalue weighted by molar-refractivity contribution is 0.115. The molecule has 7 heteroatoms. The Bertz CT molecular complexity index is 478. The van der Waals surface area contributed by atoms with Crippen LogP contribution in [0, 0.1) is 17.5 Å². The van der Waals surface area contributed by atoms with Crippen LogP contribution < -0.4 is 5.73 Å². The highest BCUT2D eigenvalue weighted by Crippen LogP contribution is 2.17. The highest BCUT2D eigenvalue weighted by Gasteiger charge is 2.10. The molecule has 0 fully saturated rings. The van der Waals surface area contributed by atoms with E-state index < -0.39 is 17.5 Å². The summed E-state index contributed by atoms with van der Waals surface area (Å²) < 4.78 is 50.5. The molecule has 0 aromatic heterocycles. The number of nitrogens with two attached hydrogens (primary N) is 1. The predicted molar refractivity (Wildman–Crippen MR) is 101 cm³/mol. The third-order valence-corrected chi connectivity index (χ3v) is 3.66. The Hall–Kier alpha value is -1.57. The molecule has 0 heterocycles. The van der Waals surface area contributed by atoms with Crippen molar-refractivity contribution in [1.29, 1.82) is 0 Å². The molecular weight excluding hydrogens is 359 g/mol. The molecule has 0 aliphatic carbocycles. The van der Waals surface area contributed by atoms with Gasteiger partial charge in [-0.15, -0.1) is 0 Å². The van der Waals surface area contributed by atoms with Gasteiger partial charge in [0.2, 0.25) is 0 Å². The molecule has 27 heavy (non-hydrogen) atoms. The molecule has 3 N–H and O–H groups in total. The molecule has 0 radical (unpaired) electrons. The largest absolute Gasteiger partial charge is 0.516 e. The van der Waals surface area contributed by atoms with Crippen LogP contribution in [0.25, 0.3) is 0 Å². The minimum Gasteiger partial charge on any atom is -0.516 e. The highest BCUT2D eigenvalue weighted by molar-refractivity contribution is 5.20. The molecule has 0 unspecified atom stereocenters. The van der Waals surface area contributed by atoms with Crippen molar-refractivity contribution in [2.45, 2.75) is 44.9 Å². The van der Waals surface area contributed by atoms with Gasteiger partial charge in [0.15, 0.2) is 0 Å². The van der Waals surface area contributed by atoms with E-state index in [1.165, 1.54) is 0 Å². The maximum atomic E-state index is 13.4. The van der Waals surface area contributed by atoms with Gasteiger partial charge in [-0.3, -0.25) is 0 Å². The van der Waals surface area contributed by atoms with Gasteiger partial charge < -0.3 is 20.3 Å². The number of ether oxygens (including phenoxy) is 2. The summed E-state index contributed by atoms with van der Waals surface area (Å²) in [6.07, 6.45) is 6.43. The van der Waals surface area contributed by atoms with Crippen molar-refractivity contribution >= 4 is 0 Å². The molecule has 0 saturated heterocycles. The van der Waals surface area contributed by atoms with Crippen molar-refractivity contribution in [3.63, 3.8) is 0 Å². The van der Waals surface area contributed by atoms with E-state index in [9.17, 15) is 13.2 Å². The Kier molecular flexibility index (Phi) is 16.8. The first-order chi connectivity index (χ1) is 13.1. The zero-order valence-electron chi connectivity index (χ0n) is 15.9. The van der Waals surface area contributed by atoms with Gasteiger partial charge in [0.25, 0.3) is 0 Å². The van der Waals surface area contributed by atoms with Crippen molar-refractivity contribution in [3.05, 3.63) is 48.0 Å². The fourth-order valence-corrected chi connectivity index (χ4v) is 2.37. The van der Waals surface area contributed by atoms with Crippen molar-refractivity contribution in [2.24, 2.45) is 5.73 Å². The summed E-state index contributed by atoms with van der Waals surface area (Å²) in [7, 11) is 0. The highest BCUT2D eigenvalue weighted by atomic mass is 19.1. The summed E-state index contributed by atoms with van der Waals surface area (Å²) in [6.45, 7) is 6.20. The van der Waals surface area contributed by atoms with Crippen LogP contribution in [0.3, 0.4) is 0 Å². The van der Waals surface area contributed by atoms with Crippen LogP contribution in [0.1, 0.15) is 44.1 Å². The number of halogens is 3. The second kappa shape index (κ2) is 17.8. The van der Waals surface area contributed by atoms with Gasteiger partial charge in [-0.05, 0) is 38.5 Å². The summed E-state index contributed by atoms with van der Waals surface area (Å²) in [6, 6.07) is 1.45. The molecule has 1 rings (SSSR count). The van der Waals surface area contributed by atoms with Gasteiger partial charge in [0.1, 0.15) is 17.5 Å². The molecule has 0 bridgehead atoms. The SMILES string of the molecule is C=CO.NCCOCCCCCOCCCCCc1c(F)cc(F)cc1F. The minimum absolute atomic E-state index is 0.0332. The molecule has 1 aromatic carbocycles. The third kappa shape index (κ3) is 14.2. The van der Waals surface area contributed by atoms with Crippen LogP contribution in [0.4, 0.5) is 13.2 Å². The minimum atomic E-state index is -0.881. The Morgan fingerprint density at radius 3 is 1.78 bits per heavy atom. The van der Waals surface area contributed by atoms with Gasteiger partial charge >= 0.3 is 0 Å². The molecule has 0 saturated carbocycles. The quantitative estimate of drug-likeness (QED) is 0.357. The summed E-state index contributed by atoms with van der Waals surface area (Å²) in [5.74, 6) is -2.49.